The lowest BCUT2D eigenvalue weighted by molar-refractivity contribution is 0.102. The van der Waals surface area contributed by atoms with Gasteiger partial charge in [-0.1, -0.05) is 13.3 Å². The summed E-state index contributed by atoms with van der Waals surface area (Å²) in [5.41, 5.74) is 7.30. The van der Waals surface area contributed by atoms with Crippen molar-refractivity contribution in [2.45, 2.75) is 26.7 Å². The second-order valence-corrected chi connectivity index (χ2v) is 6.04. The predicted molar refractivity (Wildman–Crippen MR) is 103 cm³/mol. The lowest BCUT2D eigenvalue weighted by atomic mass is 10.1. The summed E-state index contributed by atoms with van der Waals surface area (Å²) in [6, 6.07) is 8.40. The van der Waals surface area contributed by atoms with Crippen LogP contribution in [0.25, 0.3) is 0 Å². The van der Waals surface area contributed by atoms with Gasteiger partial charge in [-0.05, 0) is 31.5 Å². The highest BCUT2D eigenvalue weighted by Crippen LogP contribution is 2.38. The summed E-state index contributed by atoms with van der Waals surface area (Å²) in [5, 5.41) is 2.80. The van der Waals surface area contributed by atoms with Crippen LogP contribution in [0, 0.1) is 0 Å². The van der Waals surface area contributed by atoms with Gasteiger partial charge in [-0.2, -0.15) is 0 Å². The van der Waals surface area contributed by atoms with Gasteiger partial charge in [-0.15, -0.1) is 0 Å². The second kappa shape index (κ2) is 8.53. The fourth-order valence-corrected chi connectivity index (χ4v) is 2.62. The summed E-state index contributed by atoms with van der Waals surface area (Å²) < 4.78 is 22.0. The highest BCUT2D eigenvalue weighted by atomic mass is 16.7. The summed E-state index contributed by atoms with van der Waals surface area (Å²) in [6.07, 6.45) is 2.00. The van der Waals surface area contributed by atoms with Crippen molar-refractivity contribution >= 4 is 17.3 Å². The molecule has 0 unspecified atom stereocenters. The van der Waals surface area contributed by atoms with Crippen LogP contribution in [0.5, 0.6) is 23.0 Å². The molecule has 3 N–H and O–H groups in total. The SMILES string of the molecule is CCCCOc1ccc(C(=O)Nc2cc3c(cc2N)OCO3)cc1OCC. The summed E-state index contributed by atoms with van der Waals surface area (Å²) >= 11 is 0. The van der Waals surface area contributed by atoms with Gasteiger partial charge in [0, 0.05) is 17.7 Å². The van der Waals surface area contributed by atoms with Gasteiger partial charge >= 0.3 is 0 Å². The van der Waals surface area contributed by atoms with Gasteiger partial charge in [-0.25, -0.2) is 0 Å². The molecule has 0 bridgehead atoms. The maximum absolute atomic E-state index is 12.7. The average molecular weight is 372 g/mol. The Kier molecular flexibility index (Phi) is 5.90. The molecule has 144 valence electrons. The van der Waals surface area contributed by atoms with Gasteiger partial charge < -0.3 is 30.0 Å². The first kappa shape index (κ1) is 18.7. The van der Waals surface area contributed by atoms with Crippen LogP contribution < -0.4 is 30.0 Å². The number of nitrogens with one attached hydrogen (secondary N) is 1. The molecule has 0 fully saturated rings. The zero-order chi connectivity index (χ0) is 19.2. The number of amides is 1. The van der Waals surface area contributed by atoms with Crippen molar-refractivity contribution in [3.8, 4) is 23.0 Å². The van der Waals surface area contributed by atoms with Crippen LogP contribution in [0.1, 0.15) is 37.0 Å². The fourth-order valence-electron chi connectivity index (χ4n) is 2.62. The van der Waals surface area contributed by atoms with Crippen molar-refractivity contribution in [3.63, 3.8) is 0 Å². The van der Waals surface area contributed by atoms with E-state index in [4.69, 9.17) is 24.7 Å². The van der Waals surface area contributed by atoms with E-state index >= 15 is 0 Å². The molecular formula is C20H24N2O5. The molecule has 1 aliphatic heterocycles. The van der Waals surface area contributed by atoms with Crippen molar-refractivity contribution < 1.29 is 23.7 Å². The van der Waals surface area contributed by atoms with Crippen molar-refractivity contribution in [3.05, 3.63) is 35.9 Å². The molecule has 0 spiro atoms. The maximum Gasteiger partial charge on any atom is 0.255 e. The molecule has 0 atom stereocenters. The molecule has 3 rings (SSSR count). The molecule has 0 saturated heterocycles. The van der Waals surface area contributed by atoms with E-state index in [1.54, 1.807) is 30.3 Å². The number of anilines is 2. The molecule has 0 aromatic heterocycles. The standard InChI is InChI=1S/C20H24N2O5/c1-3-5-8-25-16-7-6-13(9-17(16)24-4-2)20(23)22-15-11-19-18(10-14(15)21)26-12-27-19/h6-7,9-11H,3-5,8,12,21H2,1-2H3,(H,22,23). The van der Waals surface area contributed by atoms with Gasteiger partial charge in [-0.3, -0.25) is 4.79 Å². The highest BCUT2D eigenvalue weighted by Gasteiger charge is 2.18. The van der Waals surface area contributed by atoms with Crippen LogP contribution in [-0.2, 0) is 0 Å². The Balaban J connectivity index is 1.77. The summed E-state index contributed by atoms with van der Waals surface area (Å²) in [5.74, 6) is 1.98. The number of hydrogen-bond donors (Lipinski definition) is 2. The monoisotopic (exact) mass is 372 g/mol. The first-order chi connectivity index (χ1) is 13.1. The number of benzene rings is 2. The first-order valence-corrected chi connectivity index (χ1v) is 9.02. The molecular weight excluding hydrogens is 348 g/mol. The number of ether oxygens (including phenoxy) is 4. The topological polar surface area (TPSA) is 92.0 Å². The summed E-state index contributed by atoms with van der Waals surface area (Å²) in [4.78, 5) is 12.7. The Morgan fingerprint density at radius 3 is 2.63 bits per heavy atom. The number of nitrogens with two attached hydrogens (primary N) is 1. The average Bonchev–Trinajstić information content (AvgIpc) is 3.10. The number of carbonyl (C=O) groups is 1. The van der Waals surface area contributed by atoms with E-state index in [2.05, 4.69) is 12.2 Å². The van der Waals surface area contributed by atoms with Gasteiger partial charge in [0.05, 0.1) is 24.6 Å². The Morgan fingerprint density at radius 2 is 1.89 bits per heavy atom. The number of carbonyl (C=O) groups excluding carboxylic acids is 1. The maximum atomic E-state index is 12.7. The molecule has 1 aliphatic rings. The van der Waals surface area contributed by atoms with Gasteiger partial charge in [0.2, 0.25) is 6.79 Å². The van der Waals surface area contributed by atoms with Crippen molar-refractivity contribution in [1.29, 1.82) is 0 Å². The minimum absolute atomic E-state index is 0.142. The number of nitrogen functional groups attached to an aromatic ring is 1. The summed E-state index contributed by atoms with van der Waals surface area (Å²) in [6.45, 7) is 5.21. The van der Waals surface area contributed by atoms with Gasteiger partial charge in [0.25, 0.3) is 5.91 Å². The zero-order valence-electron chi connectivity index (χ0n) is 15.5. The molecule has 1 heterocycles. The van der Waals surface area contributed by atoms with E-state index in [1.807, 2.05) is 6.92 Å². The number of rotatable bonds is 8. The van der Waals surface area contributed by atoms with E-state index in [9.17, 15) is 4.79 Å². The lowest BCUT2D eigenvalue weighted by Gasteiger charge is -2.14. The van der Waals surface area contributed by atoms with Crippen LogP contribution in [-0.4, -0.2) is 25.9 Å². The van der Waals surface area contributed by atoms with Crippen molar-refractivity contribution in [2.75, 3.05) is 31.1 Å². The molecule has 0 radical (unpaired) electrons. The zero-order valence-corrected chi connectivity index (χ0v) is 15.5. The minimum atomic E-state index is -0.304. The second-order valence-electron chi connectivity index (χ2n) is 6.04. The smallest absolute Gasteiger partial charge is 0.255 e. The van der Waals surface area contributed by atoms with Gasteiger partial charge in [0.1, 0.15) is 0 Å². The third-order valence-corrected chi connectivity index (χ3v) is 4.05. The van der Waals surface area contributed by atoms with Crippen LogP contribution in [0.15, 0.2) is 30.3 Å². The van der Waals surface area contributed by atoms with Gasteiger partial charge in [0.15, 0.2) is 23.0 Å². The molecule has 2 aromatic carbocycles. The Bertz CT molecular complexity index is 822. The molecule has 27 heavy (non-hydrogen) atoms. The minimum Gasteiger partial charge on any atom is -0.490 e. The summed E-state index contributed by atoms with van der Waals surface area (Å²) in [7, 11) is 0. The Hall–Kier alpha value is -3.09. The van der Waals surface area contributed by atoms with E-state index < -0.39 is 0 Å². The predicted octanol–water partition coefficient (Wildman–Crippen LogP) is 3.83. The van der Waals surface area contributed by atoms with Crippen LogP contribution >= 0.6 is 0 Å². The highest BCUT2D eigenvalue weighted by molar-refractivity contribution is 6.06. The van der Waals surface area contributed by atoms with E-state index in [-0.39, 0.29) is 12.7 Å². The Labute approximate surface area is 158 Å². The number of fused-ring (bicyclic) bond motifs is 1. The third-order valence-electron chi connectivity index (χ3n) is 4.05. The first-order valence-electron chi connectivity index (χ1n) is 9.02. The fraction of sp³-hybridized carbons (Fsp3) is 0.350. The largest absolute Gasteiger partial charge is 0.490 e. The molecule has 0 aliphatic carbocycles. The van der Waals surface area contributed by atoms with Crippen LogP contribution in [0.4, 0.5) is 11.4 Å². The van der Waals surface area contributed by atoms with Crippen LogP contribution in [0.3, 0.4) is 0 Å². The normalized spacial score (nSPS) is 11.9. The van der Waals surface area contributed by atoms with E-state index in [0.717, 1.165) is 12.8 Å². The van der Waals surface area contributed by atoms with Crippen molar-refractivity contribution in [1.82, 2.24) is 0 Å². The number of hydrogen-bond acceptors (Lipinski definition) is 6. The van der Waals surface area contributed by atoms with Crippen LogP contribution in [0.2, 0.25) is 0 Å². The van der Waals surface area contributed by atoms with E-state index in [0.29, 0.717) is 53.2 Å². The van der Waals surface area contributed by atoms with Crippen molar-refractivity contribution in [2.24, 2.45) is 0 Å². The quantitative estimate of drug-likeness (QED) is 0.540. The molecule has 0 saturated carbocycles. The van der Waals surface area contributed by atoms with E-state index in [1.165, 1.54) is 0 Å². The third kappa shape index (κ3) is 4.36. The molecule has 1 amide bonds. The number of unbranched alkanes of at least 4 members (excludes halogenated alkanes) is 1. The molecule has 2 aromatic rings. The Morgan fingerprint density at radius 1 is 1.11 bits per heavy atom. The molecule has 7 nitrogen and oxygen atoms in total. The lowest BCUT2D eigenvalue weighted by Crippen LogP contribution is -2.13. The molecule has 7 heteroatoms.